The van der Waals surface area contributed by atoms with Crippen LogP contribution in [-0.2, 0) is 23.7 Å². The molecule has 10 heteroatoms. The van der Waals surface area contributed by atoms with Crippen molar-refractivity contribution in [1.29, 1.82) is 0 Å². The lowest BCUT2D eigenvalue weighted by Crippen LogP contribution is -2.28. The molecule has 2 aliphatic heterocycles. The van der Waals surface area contributed by atoms with E-state index in [1.807, 2.05) is 19.9 Å². The molecule has 154 valence electrons. The Morgan fingerprint density at radius 3 is 2.86 bits per heavy atom. The molecular weight excluding hydrogens is 378 g/mol. The van der Waals surface area contributed by atoms with Gasteiger partial charge in [0.15, 0.2) is 23.5 Å². The largest absolute Gasteiger partial charge is 0.463 e. The second-order valence-electron chi connectivity index (χ2n) is 7.14. The maximum atomic E-state index is 11.4. The number of fused-ring (bicyclic) bond motifs is 2. The highest BCUT2D eigenvalue weighted by Crippen LogP contribution is 2.44. The van der Waals surface area contributed by atoms with Crippen molar-refractivity contribution in [3.8, 4) is 0 Å². The van der Waals surface area contributed by atoms with Crippen molar-refractivity contribution in [2.45, 2.75) is 51.1 Å². The molecule has 0 aliphatic carbocycles. The minimum atomic E-state index is -0.755. The summed E-state index contributed by atoms with van der Waals surface area (Å²) in [6, 6.07) is 0. The Hall–Kier alpha value is -2.82. The lowest BCUT2D eigenvalue weighted by atomic mass is 10.1. The molecule has 4 atom stereocenters. The van der Waals surface area contributed by atoms with Crippen LogP contribution in [0.1, 0.15) is 27.0 Å². The van der Waals surface area contributed by atoms with E-state index in [1.54, 1.807) is 30.0 Å². The molecule has 0 aromatic carbocycles. The second-order valence-corrected chi connectivity index (χ2v) is 7.14. The van der Waals surface area contributed by atoms with Gasteiger partial charge < -0.3 is 24.7 Å². The van der Waals surface area contributed by atoms with E-state index >= 15 is 0 Å². The molecule has 2 aromatic heterocycles. The third-order valence-corrected chi connectivity index (χ3v) is 4.66. The van der Waals surface area contributed by atoms with E-state index in [2.05, 4.69) is 15.0 Å². The molecule has 0 saturated carbocycles. The molecule has 0 unspecified atom stereocenters. The van der Waals surface area contributed by atoms with Crippen molar-refractivity contribution in [3.63, 3.8) is 0 Å². The van der Waals surface area contributed by atoms with Crippen molar-refractivity contribution >= 4 is 23.0 Å². The van der Waals surface area contributed by atoms with Gasteiger partial charge in [0.05, 0.1) is 12.9 Å². The summed E-state index contributed by atoms with van der Waals surface area (Å²) in [5, 5.41) is 0. The number of imidazole rings is 1. The van der Waals surface area contributed by atoms with Crippen LogP contribution in [-0.4, -0.2) is 56.2 Å². The first kappa shape index (κ1) is 19.5. The molecule has 29 heavy (non-hydrogen) atoms. The standard InChI is InChI=1S/C19H23N5O5/c1-4-26-12(25)8-6-5-7-11-14-15(29-19(2,3)28-14)18(27-11)24-10-23-13-16(20)21-9-22-17(13)24/h5-11,14-15,18H,4H2,1-3H3,(H2,20,21,22)/b7-5+,8-6+/t11-,14-,15-,18-/m1/s1. The third-order valence-electron chi connectivity index (χ3n) is 4.66. The quantitative estimate of drug-likeness (QED) is 0.451. The molecule has 4 heterocycles. The van der Waals surface area contributed by atoms with Crippen LogP contribution in [0.5, 0.6) is 0 Å². The van der Waals surface area contributed by atoms with Gasteiger partial charge in [0.2, 0.25) is 0 Å². The van der Waals surface area contributed by atoms with Crippen molar-refractivity contribution in [2.75, 3.05) is 12.3 Å². The zero-order valence-electron chi connectivity index (χ0n) is 16.4. The van der Waals surface area contributed by atoms with Gasteiger partial charge in [-0.1, -0.05) is 18.2 Å². The number of hydrogen-bond acceptors (Lipinski definition) is 9. The Kier molecular flexibility index (Phi) is 5.07. The SMILES string of the molecule is CCOC(=O)/C=C/C=C/[C@H]1O[C@@H](n2cnc3c(N)ncnc32)[C@@H]2OC(C)(C)O[C@@H]21. The summed E-state index contributed by atoms with van der Waals surface area (Å²) in [7, 11) is 0. The minimum absolute atomic E-state index is 0.299. The summed E-state index contributed by atoms with van der Waals surface area (Å²) in [6.45, 7) is 5.80. The van der Waals surface area contributed by atoms with E-state index < -0.39 is 24.1 Å². The Balaban J connectivity index is 1.59. The molecular formula is C19H23N5O5. The fourth-order valence-electron chi connectivity index (χ4n) is 3.54. The van der Waals surface area contributed by atoms with Gasteiger partial charge in [-0.2, -0.15) is 0 Å². The molecule has 2 N–H and O–H groups in total. The summed E-state index contributed by atoms with van der Waals surface area (Å²) in [5.41, 5.74) is 6.95. The normalized spacial score (nSPS) is 28.5. The van der Waals surface area contributed by atoms with Gasteiger partial charge in [0.25, 0.3) is 0 Å². The monoisotopic (exact) mass is 401 g/mol. The lowest BCUT2D eigenvalue weighted by molar-refractivity contribution is -0.191. The van der Waals surface area contributed by atoms with Gasteiger partial charge >= 0.3 is 5.97 Å². The van der Waals surface area contributed by atoms with Crippen LogP contribution in [0.4, 0.5) is 5.82 Å². The van der Waals surface area contributed by atoms with Crippen molar-refractivity contribution < 1.29 is 23.7 Å². The Morgan fingerprint density at radius 1 is 1.28 bits per heavy atom. The summed E-state index contributed by atoms with van der Waals surface area (Å²) in [4.78, 5) is 24.0. The number of nitrogens with zero attached hydrogens (tertiary/aromatic N) is 4. The molecule has 0 amide bonds. The maximum Gasteiger partial charge on any atom is 0.330 e. The van der Waals surface area contributed by atoms with Crippen LogP contribution >= 0.6 is 0 Å². The summed E-state index contributed by atoms with van der Waals surface area (Å²) >= 11 is 0. The van der Waals surface area contributed by atoms with Gasteiger partial charge in [-0.15, -0.1) is 0 Å². The predicted octanol–water partition coefficient (Wildman–Crippen LogP) is 1.50. The summed E-state index contributed by atoms with van der Waals surface area (Å²) in [5.74, 6) is -0.856. The average molecular weight is 401 g/mol. The first-order valence-electron chi connectivity index (χ1n) is 9.35. The van der Waals surface area contributed by atoms with E-state index in [0.717, 1.165) is 0 Å². The molecule has 2 aromatic rings. The van der Waals surface area contributed by atoms with Gasteiger partial charge in [-0.3, -0.25) is 4.57 Å². The van der Waals surface area contributed by atoms with Crippen LogP contribution in [0.2, 0.25) is 0 Å². The highest BCUT2D eigenvalue weighted by atomic mass is 16.8. The molecule has 2 saturated heterocycles. The van der Waals surface area contributed by atoms with Gasteiger partial charge in [0, 0.05) is 6.08 Å². The Bertz CT molecular complexity index is 969. The number of hydrogen-bond donors (Lipinski definition) is 1. The molecule has 10 nitrogen and oxygen atoms in total. The molecule has 0 radical (unpaired) electrons. The van der Waals surface area contributed by atoms with E-state index in [0.29, 0.717) is 23.6 Å². The third kappa shape index (κ3) is 3.74. The minimum Gasteiger partial charge on any atom is -0.463 e. The number of nitrogen functional groups attached to an aromatic ring is 1. The van der Waals surface area contributed by atoms with Crippen LogP contribution in [0.25, 0.3) is 11.2 Å². The average Bonchev–Trinajstić information content (AvgIpc) is 3.31. The fourth-order valence-corrected chi connectivity index (χ4v) is 3.54. The number of rotatable bonds is 5. The van der Waals surface area contributed by atoms with Crippen molar-refractivity contribution in [1.82, 2.24) is 19.5 Å². The number of carbonyl (C=O) groups excluding carboxylic acids is 1. The van der Waals surface area contributed by atoms with Crippen molar-refractivity contribution in [3.05, 3.63) is 37.0 Å². The van der Waals surface area contributed by atoms with Crippen LogP contribution in [0.3, 0.4) is 0 Å². The summed E-state index contributed by atoms with van der Waals surface area (Å²) in [6.07, 6.45) is 7.88. The lowest BCUT2D eigenvalue weighted by Gasteiger charge is -2.23. The Labute approximate surface area is 167 Å². The number of allylic oxidation sites excluding steroid dienone is 2. The van der Waals surface area contributed by atoms with Crippen LogP contribution < -0.4 is 5.73 Å². The second kappa shape index (κ2) is 7.54. The number of ether oxygens (including phenoxy) is 4. The first-order valence-corrected chi connectivity index (χ1v) is 9.35. The van der Waals surface area contributed by atoms with Crippen LogP contribution in [0.15, 0.2) is 37.0 Å². The fraction of sp³-hybridized carbons (Fsp3) is 0.474. The van der Waals surface area contributed by atoms with Crippen LogP contribution in [0, 0.1) is 0 Å². The highest BCUT2D eigenvalue weighted by molar-refractivity contribution is 5.82. The molecule has 4 rings (SSSR count). The molecule has 0 spiro atoms. The van der Waals surface area contributed by atoms with Gasteiger partial charge in [-0.05, 0) is 20.8 Å². The molecule has 2 aliphatic rings. The molecule has 2 fully saturated rings. The van der Waals surface area contributed by atoms with E-state index in [-0.39, 0.29) is 12.2 Å². The number of nitrogens with two attached hydrogens (primary N) is 1. The van der Waals surface area contributed by atoms with E-state index in [1.165, 1.54) is 12.4 Å². The van der Waals surface area contributed by atoms with Crippen molar-refractivity contribution in [2.24, 2.45) is 0 Å². The highest BCUT2D eigenvalue weighted by Gasteiger charge is 2.55. The number of esters is 1. The van der Waals surface area contributed by atoms with Gasteiger partial charge in [0.1, 0.15) is 30.2 Å². The zero-order chi connectivity index (χ0) is 20.6. The first-order chi connectivity index (χ1) is 13.9. The number of anilines is 1. The maximum absolute atomic E-state index is 11.4. The van der Waals surface area contributed by atoms with Gasteiger partial charge in [-0.25, -0.2) is 19.7 Å². The predicted molar refractivity (Wildman–Crippen MR) is 102 cm³/mol. The Morgan fingerprint density at radius 2 is 2.07 bits per heavy atom. The van der Waals surface area contributed by atoms with E-state index in [9.17, 15) is 4.79 Å². The summed E-state index contributed by atoms with van der Waals surface area (Å²) < 4.78 is 25.0. The smallest absolute Gasteiger partial charge is 0.330 e. The zero-order valence-corrected chi connectivity index (χ0v) is 16.4. The molecule has 0 bridgehead atoms. The van der Waals surface area contributed by atoms with E-state index in [4.69, 9.17) is 24.7 Å². The number of aromatic nitrogens is 4. The number of carbonyl (C=O) groups is 1. The topological polar surface area (TPSA) is 124 Å².